The molecule has 2 rings (SSSR count). The van der Waals surface area contributed by atoms with E-state index in [1.807, 2.05) is 11.9 Å². The van der Waals surface area contributed by atoms with Gasteiger partial charge in [0.1, 0.15) is 0 Å². The minimum Gasteiger partial charge on any atom is -0.481 e. The Labute approximate surface area is 130 Å². The summed E-state index contributed by atoms with van der Waals surface area (Å²) >= 11 is 7.67. The van der Waals surface area contributed by atoms with Crippen molar-refractivity contribution in [3.05, 3.63) is 20.8 Å². The average Bonchev–Trinajstić information content (AvgIpc) is 2.95. The molecule has 0 saturated carbocycles. The predicted octanol–water partition coefficient (Wildman–Crippen LogP) is 3.18. The second-order valence-corrected chi connectivity index (χ2v) is 8.12. The van der Waals surface area contributed by atoms with Gasteiger partial charge in [-0.2, -0.15) is 0 Å². The van der Waals surface area contributed by atoms with Gasteiger partial charge in [0.25, 0.3) is 0 Å². The van der Waals surface area contributed by atoms with Crippen LogP contribution in [0.4, 0.5) is 5.13 Å². The number of rotatable bonds is 6. The van der Waals surface area contributed by atoms with Crippen molar-refractivity contribution in [1.29, 1.82) is 0 Å². The van der Waals surface area contributed by atoms with E-state index in [0.29, 0.717) is 4.34 Å². The SMILES string of the molecule is CN(Cc1csc(Br)c1)c1nnc(SCC(=O)O)s1. The molecule has 0 saturated heterocycles. The van der Waals surface area contributed by atoms with Crippen molar-refractivity contribution in [3.63, 3.8) is 0 Å². The maximum atomic E-state index is 10.5. The zero-order valence-corrected chi connectivity index (χ0v) is 13.9. The van der Waals surface area contributed by atoms with Crippen molar-refractivity contribution in [2.24, 2.45) is 0 Å². The van der Waals surface area contributed by atoms with Crippen LogP contribution in [0.2, 0.25) is 0 Å². The molecule has 1 N–H and O–H groups in total. The number of thiophene rings is 1. The molecule has 2 heterocycles. The topological polar surface area (TPSA) is 66.3 Å². The van der Waals surface area contributed by atoms with Crippen LogP contribution in [0.25, 0.3) is 0 Å². The van der Waals surface area contributed by atoms with Gasteiger partial charge >= 0.3 is 5.97 Å². The third-order valence-electron chi connectivity index (χ3n) is 2.08. The summed E-state index contributed by atoms with van der Waals surface area (Å²) in [5, 5.41) is 19.5. The molecule has 0 radical (unpaired) electrons. The fourth-order valence-corrected chi connectivity index (χ4v) is 4.03. The first-order chi connectivity index (χ1) is 9.04. The number of nitrogens with zero attached hydrogens (tertiary/aromatic N) is 3. The first kappa shape index (κ1) is 14.8. The van der Waals surface area contributed by atoms with Crippen LogP contribution in [0.3, 0.4) is 0 Å². The molecule has 0 fully saturated rings. The Morgan fingerprint density at radius 3 is 3.00 bits per heavy atom. The van der Waals surface area contributed by atoms with Crippen LogP contribution >= 0.6 is 50.4 Å². The monoisotopic (exact) mass is 379 g/mol. The van der Waals surface area contributed by atoms with Gasteiger partial charge in [-0.3, -0.25) is 4.79 Å². The lowest BCUT2D eigenvalue weighted by Gasteiger charge is -2.13. The largest absolute Gasteiger partial charge is 0.481 e. The fraction of sp³-hybridized carbons (Fsp3) is 0.300. The van der Waals surface area contributed by atoms with Crippen molar-refractivity contribution >= 4 is 61.5 Å². The number of halogens is 1. The van der Waals surface area contributed by atoms with Gasteiger partial charge in [-0.05, 0) is 32.9 Å². The van der Waals surface area contributed by atoms with E-state index in [4.69, 9.17) is 5.11 Å². The van der Waals surface area contributed by atoms with E-state index >= 15 is 0 Å². The minimum atomic E-state index is -0.849. The molecular weight excluding hydrogens is 370 g/mol. The molecule has 0 aliphatic heterocycles. The summed E-state index contributed by atoms with van der Waals surface area (Å²) in [4.78, 5) is 12.5. The van der Waals surface area contributed by atoms with E-state index in [1.54, 1.807) is 11.3 Å². The van der Waals surface area contributed by atoms with E-state index < -0.39 is 5.97 Å². The summed E-state index contributed by atoms with van der Waals surface area (Å²) in [6.45, 7) is 0.750. The summed E-state index contributed by atoms with van der Waals surface area (Å²) in [6.07, 6.45) is 0. The number of hydrogen-bond acceptors (Lipinski definition) is 7. The number of anilines is 1. The fourth-order valence-electron chi connectivity index (χ4n) is 1.31. The van der Waals surface area contributed by atoms with Gasteiger partial charge in [-0.1, -0.05) is 23.1 Å². The zero-order valence-electron chi connectivity index (χ0n) is 9.87. The molecule has 9 heteroatoms. The molecule has 0 aromatic carbocycles. The number of aliphatic carboxylic acids is 1. The molecule has 0 aliphatic carbocycles. The Morgan fingerprint density at radius 1 is 1.58 bits per heavy atom. The highest BCUT2D eigenvalue weighted by molar-refractivity contribution is 9.11. The molecule has 0 atom stereocenters. The van der Waals surface area contributed by atoms with Crippen LogP contribution in [0, 0.1) is 0 Å². The molecule has 2 aromatic rings. The smallest absolute Gasteiger partial charge is 0.313 e. The van der Waals surface area contributed by atoms with Crippen LogP contribution in [-0.4, -0.2) is 34.1 Å². The lowest BCUT2D eigenvalue weighted by Crippen LogP contribution is -2.15. The highest BCUT2D eigenvalue weighted by Crippen LogP contribution is 2.29. The molecule has 0 unspecified atom stereocenters. The molecule has 0 amide bonds. The molecule has 0 spiro atoms. The highest BCUT2D eigenvalue weighted by atomic mass is 79.9. The average molecular weight is 380 g/mol. The van der Waals surface area contributed by atoms with E-state index in [1.165, 1.54) is 28.7 Å². The van der Waals surface area contributed by atoms with E-state index in [-0.39, 0.29) is 5.75 Å². The Hall–Kier alpha value is -0.640. The number of carboxylic acid groups (broad SMARTS) is 1. The van der Waals surface area contributed by atoms with Crippen LogP contribution in [0.15, 0.2) is 19.6 Å². The molecular formula is C10H10BrN3O2S3. The van der Waals surface area contributed by atoms with Crippen molar-refractivity contribution < 1.29 is 9.90 Å². The Kier molecular flexibility index (Phi) is 5.20. The zero-order chi connectivity index (χ0) is 13.8. The lowest BCUT2D eigenvalue weighted by atomic mass is 10.3. The maximum Gasteiger partial charge on any atom is 0.313 e. The molecule has 102 valence electrons. The van der Waals surface area contributed by atoms with Gasteiger partial charge in [0.05, 0.1) is 9.54 Å². The summed E-state index contributed by atoms with van der Waals surface area (Å²) in [5.41, 5.74) is 1.20. The number of hydrogen-bond donors (Lipinski definition) is 1. The molecule has 0 aliphatic rings. The summed E-state index contributed by atoms with van der Waals surface area (Å²) in [5.74, 6) is -0.839. The first-order valence-corrected chi connectivity index (χ1v) is 8.64. The van der Waals surface area contributed by atoms with E-state index in [2.05, 4.69) is 37.6 Å². The van der Waals surface area contributed by atoms with Crippen molar-refractivity contribution in [1.82, 2.24) is 10.2 Å². The minimum absolute atomic E-state index is 0.00975. The second-order valence-electron chi connectivity index (χ2n) is 3.65. The van der Waals surface area contributed by atoms with Crippen LogP contribution in [-0.2, 0) is 11.3 Å². The molecule has 5 nitrogen and oxygen atoms in total. The van der Waals surface area contributed by atoms with E-state index in [0.717, 1.165) is 15.5 Å². The molecule has 19 heavy (non-hydrogen) atoms. The Bertz CT molecular complexity index is 572. The molecule has 2 aromatic heterocycles. The van der Waals surface area contributed by atoms with Gasteiger partial charge in [0.2, 0.25) is 5.13 Å². The standard InChI is InChI=1S/C10H10BrN3O2S3/c1-14(3-6-2-7(11)17-4-6)9-12-13-10(19-9)18-5-8(15)16/h2,4H,3,5H2,1H3,(H,15,16). The lowest BCUT2D eigenvalue weighted by molar-refractivity contribution is -0.133. The normalized spacial score (nSPS) is 10.6. The van der Waals surface area contributed by atoms with Crippen LogP contribution in [0.1, 0.15) is 5.56 Å². The van der Waals surface area contributed by atoms with Gasteiger partial charge < -0.3 is 10.0 Å². The number of carbonyl (C=O) groups is 1. The third kappa shape index (κ3) is 4.44. The quantitative estimate of drug-likeness (QED) is 0.777. The highest BCUT2D eigenvalue weighted by Gasteiger charge is 2.11. The number of carboxylic acids is 1. The second kappa shape index (κ2) is 6.69. The Morgan fingerprint density at radius 2 is 2.37 bits per heavy atom. The van der Waals surface area contributed by atoms with Gasteiger partial charge in [-0.15, -0.1) is 21.5 Å². The summed E-state index contributed by atoms with van der Waals surface area (Å²) < 4.78 is 1.78. The van der Waals surface area contributed by atoms with Crippen molar-refractivity contribution in [2.45, 2.75) is 10.9 Å². The van der Waals surface area contributed by atoms with E-state index in [9.17, 15) is 4.79 Å². The maximum absolute atomic E-state index is 10.5. The van der Waals surface area contributed by atoms with Crippen molar-refractivity contribution in [2.75, 3.05) is 17.7 Å². The number of aromatic nitrogens is 2. The predicted molar refractivity (Wildman–Crippen MR) is 82.4 cm³/mol. The van der Waals surface area contributed by atoms with Gasteiger partial charge in [0, 0.05) is 13.6 Å². The van der Waals surface area contributed by atoms with Crippen LogP contribution in [0.5, 0.6) is 0 Å². The Balaban J connectivity index is 1.95. The third-order valence-corrected chi connectivity index (χ3v) is 5.79. The van der Waals surface area contributed by atoms with Crippen LogP contribution < -0.4 is 4.90 Å². The first-order valence-electron chi connectivity index (χ1n) is 5.16. The van der Waals surface area contributed by atoms with Gasteiger partial charge in [0.15, 0.2) is 4.34 Å². The number of thioether (sulfide) groups is 1. The van der Waals surface area contributed by atoms with Crippen molar-refractivity contribution in [3.8, 4) is 0 Å². The summed E-state index contributed by atoms with van der Waals surface area (Å²) in [6, 6.07) is 2.07. The van der Waals surface area contributed by atoms with Gasteiger partial charge in [-0.25, -0.2) is 0 Å². The summed E-state index contributed by atoms with van der Waals surface area (Å²) in [7, 11) is 1.94. The molecule has 0 bridgehead atoms.